The van der Waals surface area contributed by atoms with E-state index in [1.54, 1.807) is 42.5 Å². The topological polar surface area (TPSA) is 87.0 Å². The van der Waals surface area contributed by atoms with Crippen LogP contribution in [0.15, 0.2) is 71.3 Å². The highest BCUT2D eigenvalue weighted by Crippen LogP contribution is 2.23. The maximum Gasteiger partial charge on any atom is 0.375 e. The van der Waals surface area contributed by atoms with Crippen molar-refractivity contribution in [3.63, 3.8) is 0 Å². The van der Waals surface area contributed by atoms with Crippen LogP contribution in [0.25, 0.3) is 0 Å². The van der Waals surface area contributed by atoms with E-state index < -0.39 is 18.5 Å². The van der Waals surface area contributed by atoms with Gasteiger partial charge in [-0.2, -0.15) is 0 Å². The van der Waals surface area contributed by atoms with Gasteiger partial charge in [-0.3, -0.25) is 4.79 Å². The number of ether oxygens (including phenoxy) is 3. The monoisotopic (exact) mass is 381 g/mol. The van der Waals surface area contributed by atoms with Crippen LogP contribution in [0.2, 0.25) is 0 Å². The predicted molar refractivity (Wildman–Crippen MR) is 101 cm³/mol. The molecule has 7 heteroatoms. The summed E-state index contributed by atoms with van der Waals surface area (Å²) in [5.41, 5.74) is 1.01. The summed E-state index contributed by atoms with van der Waals surface area (Å²) in [6.07, 6.45) is 1.37. The number of nitrogens with one attached hydrogen (secondary N) is 1. The van der Waals surface area contributed by atoms with Gasteiger partial charge in [-0.15, -0.1) is 0 Å². The highest BCUT2D eigenvalue weighted by Gasteiger charge is 2.19. The van der Waals surface area contributed by atoms with Crippen molar-refractivity contribution in [1.29, 1.82) is 0 Å². The second-order valence-electron chi connectivity index (χ2n) is 5.70. The molecule has 1 aromatic heterocycles. The molecule has 0 unspecified atom stereocenters. The van der Waals surface area contributed by atoms with E-state index in [2.05, 4.69) is 5.32 Å². The van der Waals surface area contributed by atoms with Crippen LogP contribution in [0.1, 0.15) is 16.1 Å². The third-order valence-electron chi connectivity index (χ3n) is 3.79. The summed E-state index contributed by atoms with van der Waals surface area (Å²) in [6, 6.07) is 17.7. The van der Waals surface area contributed by atoms with E-state index in [0.717, 1.165) is 0 Å². The Morgan fingerprint density at radius 2 is 1.75 bits per heavy atom. The van der Waals surface area contributed by atoms with Gasteiger partial charge in [-0.05, 0) is 30.3 Å². The largest absolute Gasteiger partial charge is 0.495 e. The van der Waals surface area contributed by atoms with Crippen molar-refractivity contribution >= 4 is 17.6 Å². The van der Waals surface area contributed by atoms with Gasteiger partial charge in [0.25, 0.3) is 5.91 Å². The van der Waals surface area contributed by atoms with Crippen LogP contribution in [0.5, 0.6) is 11.5 Å². The quantitative estimate of drug-likeness (QED) is 0.599. The van der Waals surface area contributed by atoms with Crippen molar-refractivity contribution in [3.05, 3.63) is 78.3 Å². The molecule has 3 rings (SSSR count). The first-order valence-electron chi connectivity index (χ1n) is 8.51. The van der Waals surface area contributed by atoms with Crippen LogP contribution < -0.4 is 14.8 Å². The molecule has 0 spiro atoms. The smallest absolute Gasteiger partial charge is 0.375 e. The Bertz CT molecular complexity index is 935. The highest BCUT2D eigenvalue weighted by molar-refractivity contribution is 5.95. The molecule has 1 heterocycles. The molecule has 0 saturated heterocycles. The molecule has 28 heavy (non-hydrogen) atoms. The minimum Gasteiger partial charge on any atom is -0.495 e. The summed E-state index contributed by atoms with van der Waals surface area (Å²) in [6.45, 7) is -0.324. The Labute approximate surface area is 161 Å². The predicted octanol–water partition coefficient (Wildman–Crippen LogP) is 3.66. The van der Waals surface area contributed by atoms with Crippen molar-refractivity contribution < 1.29 is 28.2 Å². The molecule has 0 aliphatic heterocycles. The number of hydrogen-bond donors (Lipinski definition) is 1. The number of benzene rings is 2. The average molecular weight is 381 g/mol. The zero-order valence-electron chi connectivity index (χ0n) is 15.2. The zero-order valence-corrected chi connectivity index (χ0v) is 15.2. The lowest BCUT2D eigenvalue weighted by molar-refractivity contribution is -0.119. The van der Waals surface area contributed by atoms with Crippen molar-refractivity contribution in [3.8, 4) is 11.5 Å². The van der Waals surface area contributed by atoms with Gasteiger partial charge in [-0.1, -0.05) is 30.3 Å². The van der Waals surface area contributed by atoms with Gasteiger partial charge in [0.05, 0.1) is 19.1 Å². The molecular weight excluding hydrogens is 362 g/mol. The molecule has 2 aromatic carbocycles. The van der Waals surface area contributed by atoms with E-state index in [1.807, 2.05) is 18.2 Å². The fourth-order valence-corrected chi connectivity index (χ4v) is 2.44. The maximum absolute atomic E-state index is 12.2. The lowest BCUT2D eigenvalue weighted by atomic mass is 10.2. The SMILES string of the molecule is COc1ccccc1NC(=O)COC(=O)c1occc1COc1ccccc1. The van der Waals surface area contributed by atoms with Crippen molar-refractivity contribution in [1.82, 2.24) is 0 Å². The van der Waals surface area contributed by atoms with Crippen LogP contribution >= 0.6 is 0 Å². The zero-order chi connectivity index (χ0) is 19.8. The van der Waals surface area contributed by atoms with Gasteiger partial charge in [0, 0.05) is 5.56 Å². The summed E-state index contributed by atoms with van der Waals surface area (Å²) in [5, 5.41) is 2.63. The molecule has 144 valence electrons. The number of esters is 1. The van der Waals surface area contributed by atoms with Crippen molar-refractivity contribution in [2.24, 2.45) is 0 Å². The number of furan rings is 1. The van der Waals surface area contributed by atoms with E-state index in [1.165, 1.54) is 13.4 Å². The standard InChI is InChI=1S/C21H19NO6/c1-25-18-10-6-5-9-17(18)22-19(23)14-28-21(24)20-15(11-12-26-20)13-27-16-7-3-2-4-8-16/h2-12H,13-14H2,1H3,(H,22,23). The number of methoxy groups -OCH3 is 1. The van der Waals surface area contributed by atoms with Crippen LogP contribution in [0.4, 0.5) is 5.69 Å². The Morgan fingerprint density at radius 3 is 2.54 bits per heavy atom. The van der Waals surface area contributed by atoms with Gasteiger partial charge in [0.15, 0.2) is 6.61 Å². The van der Waals surface area contributed by atoms with Crippen LogP contribution in [-0.4, -0.2) is 25.6 Å². The van der Waals surface area contributed by atoms with Crippen LogP contribution in [0, 0.1) is 0 Å². The third-order valence-corrected chi connectivity index (χ3v) is 3.79. The van der Waals surface area contributed by atoms with Gasteiger partial charge in [0.1, 0.15) is 18.1 Å². The summed E-state index contributed by atoms with van der Waals surface area (Å²) in [7, 11) is 1.50. The molecule has 0 aliphatic rings. The van der Waals surface area contributed by atoms with Crippen LogP contribution in [-0.2, 0) is 16.1 Å². The second kappa shape index (κ2) is 9.27. The fraction of sp³-hybridized carbons (Fsp3) is 0.143. The molecule has 7 nitrogen and oxygen atoms in total. The number of carbonyl (C=O) groups is 2. The maximum atomic E-state index is 12.2. The lowest BCUT2D eigenvalue weighted by Crippen LogP contribution is -2.21. The minimum atomic E-state index is -0.744. The highest BCUT2D eigenvalue weighted by atomic mass is 16.5. The van der Waals surface area contributed by atoms with Gasteiger partial charge in [0.2, 0.25) is 5.76 Å². The molecule has 0 saturated carbocycles. The lowest BCUT2D eigenvalue weighted by Gasteiger charge is -2.10. The number of carbonyl (C=O) groups excluding carboxylic acids is 2. The van der Waals surface area contributed by atoms with Crippen molar-refractivity contribution in [2.75, 3.05) is 19.0 Å². The average Bonchev–Trinajstić information content (AvgIpc) is 3.20. The molecule has 0 fully saturated rings. The van der Waals surface area contributed by atoms with E-state index >= 15 is 0 Å². The van der Waals surface area contributed by atoms with Gasteiger partial charge < -0.3 is 23.9 Å². The Morgan fingerprint density at radius 1 is 1.00 bits per heavy atom. The molecule has 3 aromatic rings. The number of anilines is 1. The molecule has 0 atom stereocenters. The third kappa shape index (κ3) is 4.91. The van der Waals surface area contributed by atoms with E-state index in [9.17, 15) is 9.59 Å². The number of amides is 1. The summed E-state index contributed by atoms with van der Waals surface area (Å²) in [5.74, 6) is -0.0629. The normalized spacial score (nSPS) is 10.2. The Hall–Kier alpha value is -3.74. The summed E-state index contributed by atoms with van der Waals surface area (Å²) >= 11 is 0. The molecule has 0 radical (unpaired) electrons. The number of rotatable bonds is 8. The van der Waals surface area contributed by atoms with Gasteiger partial charge in [-0.25, -0.2) is 4.79 Å². The van der Waals surface area contributed by atoms with Gasteiger partial charge >= 0.3 is 5.97 Å². The Balaban J connectivity index is 1.54. The number of hydrogen-bond acceptors (Lipinski definition) is 6. The fourth-order valence-electron chi connectivity index (χ4n) is 2.44. The molecule has 0 aliphatic carbocycles. The summed E-state index contributed by atoms with van der Waals surface area (Å²) in [4.78, 5) is 24.3. The van der Waals surface area contributed by atoms with Crippen LogP contribution in [0.3, 0.4) is 0 Å². The minimum absolute atomic E-state index is 0.000947. The molecule has 1 N–H and O–H groups in total. The molecule has 0 bridgehead atoms. The number of para-hydroxylation sites is 3. The molecular formula is C21H19NO6. The summed E-state index contributed by atoms with van der Waals surface area (Å²) < 4.78 is 21.0. The van der Waals surface area contributed by atoms with E-state index in [0.29, 0.717) is 22.7 Å². The van der Waals surface area contributed by atoms with Crippen molar-refractivity contribution in [2.45, 2.75) is 6.61 Å². The molecule has 1 amide bonds. The second-order valence-corrected chi connectivity index (χ2v) is 5.70. The first-order chi connectivity index (χ1) is 13.7. The van der Waals surface area contributed by atoms with E-state index in [4.69, 9.17) is 18.6 Å². The Kier molecular flexibility index (Phi) is 6.30. The van der Waals surface area contributed by atoms with E-state index in [-0.39, 0.29) is 12.4 Å². The first-order valence-corrected chi connectivity index (χ1v) is 8.51. The first kappa shape index (κ1) is 19.0.